The Morgan fingerprint density at radius 3 is 2.19 bits per heavy atom. The number of amides is 2. The zero-order valence-corrected chi connectivity index (χ0v) is 22.3. The summed E-state index contributed by atoms with van der Waals surface area (Å²) in [6, 6.07) is 9.16. The van der Waals surface area contributed by atoms with Gasteiger partial charge in [-0.2, -0.15) is 0 Å². The standard InChI is InChI=1S/C25H34FN3O6S/c1-17(2)14-27-25(31)18(3)28(15-19-7-9-20(26)10-8-19)24(30)16-29(36(6,32)33)22-12-11-21(34-4)13-23(22)35-5/h7-13,17-18H,14-16H2,1-6H3,(H,27,31). The highest BCUT2D eigenvalue weighted by atomic mass is 32.2. The van der Waals surface area contributed by atoms with Gasteiger partial charge in [-0.25, -0.2) is 12.8 Å². The number of rotatable bonds is 12. The van der Waals surface area contributed by atoms with Gasteiger partial charge in [-0.05, 0) is 42.7 Å². The third kappa shape index (κ3) is 7.84. The van der Waals surface area contributed by atoms with Crippen molar-refractivity contribution in [3.8, 4) is 11.5 Å². The second-order valence-corrected chi connectivity index (χ2v) is 10.7. The molecule has 0 radical (unpaired) electrons. The van der Waals surface area contributed by atoms with Gasteiger partial charge in [0.05, 0.1) is 26.2 Å². The normalized spacial score (nSPS) is 12.1. The number of hydrogen-bond acceptors (Lipinski definition) is 6. The summed E-state index contributed by atoms with van der Waals surface area (Å²) >= 11 is 0. The van der Waals surface area contributed by atoms with Crippen LogP contribution in [0.15, 0.2) is 42.5 Å². The number of anilines is 1. The molecule has 2 aromatic rings. The molecule has 36 heavy (non-hydrogen) atoms. The number of hydrogen-bond donors (Lipinski definition) is 1. The number of nitrogens with one attached hydrogen (secondary N) is 1. The van der Waals surface area contributed by atoms with Crippen LogP contribution in [-0.2, 0) is 26.2 Å². The average Bonchev–Trinajstić information content (AvgIpc) is 2.83. The topological polar surface area (TPSA) is 105 Å². The molecule has 0 aliphatic rings. The Labute approximate surface area is 212 Å². The van der Waals surface area contributed by atoms with E-state index in [0.717, 1.165) is 10.6 Å². The minimum absolute atomic E-state index is 0.0211. The number of benzene rings is 2. The Hall–Kier alpha value is -3.34. The van der Waals surface area contributed by atoms with E-state index in [2.05, 4.69) is 5.32 Å². The Morgan fingerprint density at radius 2 is 1.67 bits per heavy atom. The fourth-order valence-corrected chi connectivity index (χ4v) is 4.26. The lowest BCUT2D eigenvalue weighted by molar-refractivity contribution is -0.139. The van der Waals surface area contributed by atoms with E-state index in [-0.39, 0.29) is 29.8 Å². The van der Waals surface area contributed by atoms with E-state index in [0.29, 0.717) is 17.9 Å². The van der Waals surface area contributed by atoms with Crippen molar-refractivity contribution in [2.45, 2.75) is 33.4 Å². The molecule has 0 saturated heterocycles. The molecular weight excluding hydrogens is 489 g/mol. The second-order valence-electron chi connectivity index (χ2n) is 8.77. The highest BCUT2D eigenvalue weighted by Gasteiger charge is 2.31. The molecular formula is C25H34FN3O6S. The Kier molecular flexibility index (Phi) is 10.1. The fourth-order valence-electron chi connectivity index (χ4n) is 3.41. The first-order valence-electron chi connectivity index (χ1n) is 11.4. The molecule has 2 amide bonds. The summed E-state index contributed by atoms with van der Waals surface area (Å²) in [5.74, 6) is -0.592. The quantitative estimate of drug-likeness (QED) is 0.459. The van der Waals surface area contributed by atoms with E-state index in [1.165, 1.54) is 55.5 Å². The van der Waals surface area contributed by atoms with E-state index < -0.39 is 34.3 Å². The number of methoxy groups -OCH3 is 2. The molecule has 2 aromatic carbocycles. The van der Waals surface area contributed by atoms with Crippen molar-refractivity contribution in [2.24, 2.45) is 5.92 Å². The van der Waals surface area contributed by atoms with Crippen LogP contribution in [0.2, 0.25) is 0 Å². The van der Waals surface area contributed by atoms with Gasteiger partial charge in [0.15, 0.2) is 0 Å². The van der Waals surface area contributed by atoms with Gasteiger partial charge in [-0.1, -0.05) is 26.0 Å². The summed E-state index contributed by atoms with van der Waals surface area (Å²) in [7, 11) is -1.09. The molecule has 0 spiro atoms. The molecule has 0 aromatic heterocycles. The highest BCUT2D eigenvalue weighted by molar-refractivity contribution is 7.92. The largest absolute Gasteiger partial charge is 0.497 e. The van der Waals surface area contributed by atoms with Crippen LogP contribution in [0.1, 0.15) is 26.3 Å². The zero-order valence-electron chi connectivity index (χ0n) is 21.4. The van der Waals surface area contributed by atoms with Crippen molar-refractivity contribution in [1.29, 1.82) is 0 Å². The third-order valence-corrected chi connectivity index (χ3v) is 6.58. The first-order valence-corrected chi connectivity index (χ1v) is 13.2. The summed E-state index contributed by atoms with van der Waals surface area (Å²) < 4.78 is 50.3. The van der Waals surface area contributed by atoms with Crippen molar-refractivity contribution >= 4 is 27.5 Å². The summed E-state index contributed by atoms with van der Waals surface area (Å²) in [6.07, 6.45) is 0.979. The molecule has 1 atom stereocenters. The minimum atomic E-state index is -3.93. The van der Waals surface area contributed by atoms with Gasteiger partial charge < -0.3 is 19.7 Å². The van der Waals surface area contributed by atoms with E-state index >= 15 is 0 Å². The van der Waals surface area contributed by atoms with Crippen LogP contribution in [-0.4, -0.2) is 64.7 Å². The zero-order chi connectivity index (χ0) is 27.0. The van der Waals surface area contributed by atoms with Crippen molar-refractivity contribution in [2.75, 3.05) is 37.9 Å². The molecule has 0 heterocycles. The number of sulfonamides is 1. The highest BCUT2D eigenvalue weighted by Crippen LogP contribution is 2.33. The Balaban J connectivity index is 2.43. The van der Waals surface area contributed by atoms with Crippen LogP contribution in [0.25, 0.3) is 0 Å². The number of nitrogens with zero attached hydrogens (tertiary/aromatic N) is 2. The lowest BCUT2D eigenvalue weighted by Gasteiger charge is -2.32. The molecule has 198 valence electrons. The molecule has 0 aliphatic carbocycles. The van der Waals surface area contributed by atoms with Gasteiger partial charge in [-0.15, -0.1) is 0 Å². The van der Waals surface area contributed by atoms with E-state index in [1.54, 1.807) is 13.0 Å². The predicted molar refractivity (Wildman–Crippen MR) is 136 cm³/mol. The third-order valence-electron chi connectivity index (χ3n) is 5.45. The second kappa shape index (κ2) is 12.6. The number of carbonyl (C=O) groups excluding carboxylic acids is 2. The van der Waals surface area contributed by atoms with Crippen LogP contribution in [0.5, 0.6) is 11.5 Å². The van der Waals surface area contributed by atoms with Crippen molar-refractivity contribution in [1.82, 2.24) is 10.2 Å². The lowest BCUT2D eigenvalue weighted by atomic mass is 10.1. The van der Waals surface area contributed by atoms with Gasteiger partial charge in [0.2, 0.25) is 21.8 Å². The maximum atomic E-state index is 13.6. The van der Waals surface area contributed by atoms with Gasteiger partial charge in [0.1, 0.15) is 29.9 Å². The maximum absolute atomic E-state index is 13.6. The van der Waals surface area contributed by atoms with Gasteiger partial charge in [0, 0.05) is 19.2 Å². The van der Waals surface area contributed by atoms with Crippen LogP contribution >= 0.6 is 0 Å². The molecule has 0 aliphatic heterocycles. The minimum Gasteiger partial charge on any atom is -0.497 e. The van der Waals surface area contributed by atoms with Crippen molar-refractivity contribution < 1.29 is 31.9 Å². The molecule has 0 fully saturated rings. The van der Waals surface area contributed by atoms with Crippen LogP contribution in [0, 0.1) is 11.7 Å². The van der Waals surface area contributed by atoms with E-state index in [9.17, 15) is 22.4 Å². The smallest absolute Gasteiger partial charge is 0.244 e. The molecule has 11 heteroatoms. The summed E-state index contributed by atoms with van der Waals surface area (Å²) in [5.41, 5.74) is 0.731. The number of ether oxygens (including phenoxy) is 2. The van der Waals surface area contributed by atoms with Gasteiger partial charge >= 0.3 is 0 Å². The van der Waals surface area contributed by atoms with E-state index in [4.69, 9.17) is 9.47 Å². The predicted octanol–water partition coefficient (Wildman–Crippen LogP) is 2.80. The maximum Gasteiger partial charge on any atom is 0.244 e. The molecule has 1 unspecified atom stereocenters. The fraction of sp³-hybridized carbons (Fsp3) is 0.440. The molecule has 2 rings (SSSR count). The number of halogens is 1. The summed E-state index contributed by atoms with van der Waals surface area (Å²) in [4.78, 5) is 27.7. The van der Waals surface area contributed by atoms with Crippen molar-refractivity contribution in [3.63, 3.8) is 0 Å². The molecule has 1 N–H and O–H groups in total. The summed E-state index contributed by atoms with van der Waals surface area (Å²) in [6.45, 7) is 5.27. The lowest BCUT2D eigenvalue weighted by Crippen LogP contribution is -2.51. The van der Waals surface area contributed by atoms with Crippen LogP contribution in [0.4, 0.5) is 10.1 Å². The van der Waals surface area contributed by atoms with Crippen LogP contribution in [0.3, 0.4) is 0 Å². The van der Waals surface area contributed by atoms with Crippen molar-refractivity contribution in [3.05, 3.63) is 53.8 Å². The first-order chi connectivity index (χ1) is 16.9. The summed E-state index contributed by atoms with van der Waals surface area (Å²) in [5, 5.41) is 2.80. The molecule has 9 nitrogen and oxygen atoms in total. The van der Waals surface area contributed by atoms with Gasteiger partial charge in [0.25, 0.3) is 0 Å². The Bertz CT molecular complexity index is 1150. The first kappa shape index (κ1) is 28.9. The SMILES string of the molecule is COc1ccc(N(CC(=O)N(Cc2ccc(F)cc2)C(C)C(=O)NCC(C)C)S(C)(=O)=O)c(OC)c1. The van der Waals surface area contributed by atoms with E-state index in [1.807, 2.05) is 13.8 Å². The van der Waals surface area contributed by atoms with Gasteiger partial charge in [-0.3, -0.25) is 13.9 Å². The molecule has 0 bridgehead atoms. The average molecular weight is 524 g/mol. The number of carbonyl (C=O) groups is 2. The Morgan fingerprint density at radius 1 is 1.03 bits per heavy atom. The van der Waals surface area contributed by atoms with Crippen LogP contribution < -0.4 is 19.1 Å². The monoisotopic (exact) mass is 523 g/mol. The molecule has 0 saturated carbocycles.